The Hall–Kier alpha value is -1.62. The fourth-order valence-corrected chi connectivity index (χ4v) is 1.30. The first kappa shape index (κ1) is 12.4. The molecule has 0 bridgehead atoms. The van der Waals surface area contributed by atoms with Crippen LogP contribution in [0, 0.1) is 0 Å². The zero-order valence-electron chi connectivity index (χ0n) is 9.41. The molecule has 0 saturated carbocycles. The molecule has 88 valence electrons. The molecule has 16 heavy (non-hydrogen) atoms. The number of aliphatic hydroxyl groups is 1. The van der Waals surface area contributed by atoms with Crippen molar-refractivity contribution in [3.63, 3.8) is 0 Å². The Labute approximate surface area is 93.5 Å². The van der Waals surface area contributed by atoms with Crippen molar-refractivity contribution in [2.45, 2.75) is 25.8 Å². The lowest BCUT2D eigenvalue weighted by molar-refractivity contribution is 0.0894. The highest BCUT2D eigenvalue weighted by Crippen LogP contribution is 2.08. The first-order valence-corrected chi connectivity index (χ1v) is 5.07. The summed E-state index contributed by atoms with van der Waals surface area (Å²) in [6.45, 7) is 3.61. The van der Waals surface area contributed by atoms with Gasteiger partial charge in [-0.05, 0) is 26.3 Å². The third kappa shape index (κ3) is 3.51. The van der Waals surface area contributed by atoms with Crippen LogP contribution in [0.25, 0.3) is 0 Å². The number of aromatic nitrogens is 1. The second-order valence-electron chi connectivity index (χ2n) is 4.24. The van der Waals surface area contributed by atoms with Gasteiger partial charge in [0, 0.05) is 18.2 Å². The van der Waals surface area contributed by atoms with Gasteiger partial charge in [0.1, 0.15) is 5.69 Å². The average molecular weight is 224 g/mol. The standard InChI is InChI=1S/C11H16N2O3/c1-11(2,6-7-14)13-10(16)8-4-3-5-9(15)12-8/h3-5,14H,6-7H2,1-2H3,(H,12,15)(H,13,16). The van der Waals surface area contributed by atoms with Gasteiger partial charge in [0.05, 0.1) is 0 Å². The Balaban J connectivity index is 2.76. The summed E-state index contributed by atoms with van der Waals surface area (Å²) in [6.07, 6.45) is 0.454. The normalized spacial score (nSPS) is 11.2. The van der Waals surface area contributed by atoms with Crippen molar-refractivity contribution in [3.05, 3.63) is 34.2 Å². The van der Waals surface area contributed by atoms with Gasteiger partial charge in [0.15, 0.2) is 0 Å². The SMILES string of the molecule is CC(C)(CCO)NC(=O)c1cccc(=O)[nH]1. The van der Waals surface area contributed by atoms with Crippen LogP contribution in [0.4, 0.5) is 0 Å². The van der Waals surface area contributed by atoms with E-state index in [9.17, 15) is 9.59 Å². The summed E-state index contributed by atoms with van der Waals surface area (Å²) in [5.74, 6) is -0.351. The van der Waals surface area contributed by atoms with Gasteiger partial charge in [-0.15, -0.1) is 0 Å². The molecule has 0 aromatic carbocycles. The zero-order valence-corrected chi connectivity index (χ0v) is 9.41. The molecule has 1 amide bonds. The van der Waals surface area contributed by atoms with Crippen LogP contribution in [0.1, 0.15) is 30.8 Å². The van der Waals surface area contributed by atoms with E-state index in [4.69, 9.17) is 5.11 Å². The fraction of sp³-hybridized carbons (Fsp3) is 0.455. The van der Waals surface area contributed by atoms with Gasteiger partial charge in [-0.25, -0.2) is 0 Å². The molecule has 1 aromatic heterocycles. The lowest BCUT2D eigenvalue weighted by atomic mass is 10.0. The van der Waals surface area contributed by atoms with Gasteiger partial charge in [-0.2, -0.15) is 0 Å². The van der Waals surface area contributed by atoms with E-state index >= 15 is 0 Å². The molecule has 1 heterocycles. The molecule has 0 unspecified atom stereocenters. The smallest absolute Gasteiger partial charge is 0.268 e. The summed E-state index contributed by atoms with van der Waals surface area (Å²) < 4.78 is 0. The third-order valence-electron chi connectivity index (χ3n) is 2.20. The van der Waals surface area contributed by atoms with Crippen molar-refractivity contribution in [2.75, 3.05) is 6.61 Å². The van der Waals surface area contributed by atoms with Gasteiger partial charge in [-0.3, -0.25) is 9.59 Å². The lowest BCUT2D eigenvalue weighted by Gasteiger charge is -2.25. The van der Waals surface area contributed by atoms with Crippen molar-refractivity contribution >= 4 is 5.91 Å². The van der Waals surface area contributed by atoms with Crippen LogP contribution in [0.2, 0.25) is 0 Å². The first-order valence-electron chi connectivity index (χ1n) is 5.07. The maximum absolute atomic E-state index is 11.7. The first-order chi connectivity index (χ1) is 7.44. The van der Waals surface area contributed by atoms with Gasteiger partial charge in [-0.1, -0.05) is 6.07 Å². The second-order valence-corrected chi connectivity index (χ2v) is 4.24. The minimum Gasteiger partial charge on any atom is -0.396 e. The molecule has 0 spiro atoms. The Morgan fingerprint density at radius 1 is 1.50 bits per heavy atom. The zero-order chi connectivity index (χ0) is 12.2. The number of nitrogens with one attached hydrogen (secondary N) is 2. The van der Waals surface area contributed by atoms with Crippen molar-refractivity contribution in [1.29, 1.82) is 0 Å². The van der Waals surface area contributed by atoms with Crippen LogP contribution in [0.5, 0.6) is 0 Å². The van der Waals surface area contributed by atoms with Crippen LogP contribution in [0.3, 0.4) is 0 Å². The summed E-state index contributed by atoms with van der Waals surface area (Å²) in [6, 6.07) is 4.40. The predicted octanol–water partition coefficient (Wildman–Crippen LogP) is 0.266. The van der Waals surface area contributed by atoms with Crippen molar-refractivity contribution in [1.82, 2.24) is 10.3 Å². The molecule has 0 fully saturated rings. The number of carbonyl (C=O) groups is 1. The monoisotopic (exact) mass is 224 g/mol. The third-order valence-corrected chi connectivity index (χ3v) is 2.20. The summed E-state index contributed by atoms with van der Waals surface area (Å²) in [5, 5.41) is 11.6. The highest BCUT2D eigenvalue weighted by Gasteiger charge is 2.20. The summed E-state index contributed by atoms with van der Waals surface area (Å²) in [7, 11) is 0. The van der Waals surface area contributed by atoms with E-state index in [-0.39, 0.29) is 23.8 Å². The minimum absolute atomic E-state index is 0.00140. The fourth-order valence-electron chi connectivity index (χ4n) is 1.30. The molecule has 3 N–H and O–H groups in total. The Kier molecular flexibility index (Phi) is 3.84. The van der Waals surface area contributed by atoms with Crippen molar-refractivity contribution < 1.29 is 9.90 Å². The molecule has 1 aromatic rings. The van der Waals surface area contributed by atoms with E-state index in [1.54, 1.807) is 0 Å². The van der Waals surface area contributed by atoms with Crippen LogP contribution in [-0.4, -0.2) is 28.1 Å². The number of hydrogen-bond donors (Lipinski definition) is 3. The Bertz CT molecular complexity index is 423. The van der Waals surface area contributed by atoms with E-state index < -0.39 is 5.54 Å². The van der Waals surface area contributed by atoms with Gasteiger partial charge < -0.3 is 15.4 Å². The number of aliphatic hydroxyl groups excluding tert-OH is 1. The quantitative estimate of drug-likeness (QED) is 0.686. The number of carbonyl (C=O) groups excluding carboxylic acids is 1. The number of rotatable bonds is 4. The van der Waals surface area contributed by atoms with Crippen LogP contribution in [-0.2, 0) is 0 Å². The molecular weight excluding hydrogens is 208 g/mol. The molecule has 0 aliphatic carbocycles. The number of aromatic amines is 1. The molecule has 1 rings (SSSR count). The van der Waals surface area contributed by atoms with E-state index in [2.05, 4.69) is 10.3 Å². The molecule has 5 heteroatoms. The molecule has 0 radical (unpaired) electrons. The molecule has 0 aliphatic heterocycles. The molecule has 0 aliphatic rings. The summed E-state index contributed by atoms with van der Waals surface area (Å²) >= 11 is 0. The number of H-pyrrole nitrogens is 1. The Morgan fingerprint density at radius 3 is 2.75 bits per heavy atom. The molecule has 0 saturated heterocycles. The van der Waals surface area contributed by atoms with E-state index in [1.807, 2.05) is 13.8 Å². The molecular formula is C11H16N2O3. The highest BCUT2D eigenvalue weighted by atomic mass is 16.3. The number of pyridine rings is 1. The maximum atomic E-state index is 11.7. The maximum Gasteiger partial charge on any atom is 0.268 e. The summed E-state index contributed by atoms with van der Waals surface area (Å²) in [4.78, 5) is 25.2. The largest absolute Gasteiger partial charge is 0.396 e. The van der Waals surface area contributed by atoms with E-state index in [0.29, 0.717) is 6.42 Å². The minimum atomic E-state index is -0.501. The predicted molar refractivity (Wildman–Crippen MR) is 60.3 cm³/mol. The average Bonchev–Trinajstić information content (AvgIpc) is 2.16. The van der Waals surface area contributed by atoms with Gasteiger partial charge in [0.2, 0.25) is 5.56 Å². The molecule has 0 atom stereocenters. The van der Waals surface area contributed by atoms with Crippen LogP contribution in [0.15, 0.2) is 23.0 Å². The van der Waals surface area contributed by atoms with Gasteiger partial charge >= 0.3 is 0 Å². The highest BCUT2D eigenvalue weighted by molar-refractivity contribution is 5.92. The number of hydrogen-bond acceptors (Lipinski definition) is 3. The topological polar surface area (TPSA) is 82.2 Å². The Morgan fingerprint density at radius 2 is 2.19 bits per heavy atom. The van der Waals surface area contributed by atoms with Crippen LogP contribution >= 0.6 is 0 Å². The lowest BCUT2D eigenvalue weighted by Crippen LogP contribution is -2.44. The van der Waals surface area contributed by atoms with E-state index in [1.165, 1.54) is 18.2 Å². The van der Waals surface area contributed by atoms with Crippen molar-refractivity contribution in [2.24, 2.45) is 0 Å². The number of amides is 1. The van der Waals surface area contributed by atoms with Gasteiger partial charge in [0.25, 0.3) is 5.91 Å². The van der Waals surface area contributed by atoms with Crippen LogP contribution < -0.4 is 10.9 Å². The molecule has 5 nitrogen and oxygen atoms in total. The van der Waals surface area contributed by atoms with E-state index in [0.717, 1.165) is 0 Å². The second kappa shape index (κ2) is 4.94. The summed E-state index contributed by atoms with van der Waals surface area (Å²) in [5.41, 5.74) is -0.593. The van der Waals surface area contributed by atoms with Crippen molar-refractivity contribution in [3.8, 4) is 0 Å².